The first-order chi connectivity index (χ1) is 8.25. The molecule has 2 rings (SSSR count). The van der Waals surface area contributed by atoms with Crippen LogP contribution in [0.2, 0.25) is 0 Å². The number of nitrogens with one attached hydrogen (secondary N) is 2. The molecule has 0 fully saturated rings. The summed E-state index contributed by atoms with van der Waals surface area (Å²) in [6.07, 6.45) is 1.04. The Labute approximate surface area is 97.9 Å². The number of H-pyrrole nitrogens is 1. The van der Waals surface area contributed by atoms with Crippen molar-refractivity contribution >= 4 is 0 Å². The first kappa shape index (κ1) is 11.7. The lowest BCUT2D eigenvalue weighted by molar-refractivity contribution is 0.151. The molecule has 17 heavy (non-hydrogen) atoms. The zero-order valence-corrected chi connectivity index (χ0v) is 9.16. The number of aromatic amines is 1. The maximum absolute atomic E-state index is 12.3. The van der Waals surface area contributed by atoms with Crippen molar-refractivity contribution in [1.29, 1.82) is 0 Å². The molecule has 0 spiro atoms. The van der Waals surface area contributed by atoms with Crippen molar-refractivity contribution in [2.24, 2.45) is 0 Å². The van der Waals surface area contributed by atoms with Crippen LogP contribution in [0.25, 0.3) is 0 Å². The SMILES string of the molecule is FC(F)c1ccc(CNCc2ncc[nH]2)cc1. The number of alkyl halides is 2. The summed E-state index contributed by atoms with van der Waals surface area (Å²) in [6.45, 7) is 1.26. The van der Waals surface area contributed by atoms with Gasteiger partial charge in [0.1, 0.15) is 5.82 Å². The standard InChI is InChI=1S/C12H13F2N3/c13-12(14)10-3-1-9(2-4-10)7-15-8-11-16-5-6-17-11/h1-6,12,15H,7-8H2,(H,16,17). The molecule has 2 aromatic rings. The van der Waals surface area contributed by atoms with Gasteiger partial charge in [0.05, 0.1) is 6.54 Å². The third-order valence-electron chi connectivity index (χ3n) is 2.41. The van der Waals surface area contributed by atoms with Gasteiger partial charge in [0.2, 0.25) is 0 Å². The summed E-state index contributed by atoms with van der Waals surface area (Å²) in [5.41, 5.74) is 1.03. The van der Waals surface area contributed by atoms with E-state index in [1.807, 2.05) is 0 Å². The van der Waals surface area contributed by atoms with Crippen LogP contribution in [0.1, 0.15) is 23.4 Å². The van der Waals surface area contributed by atoms with Gasteiger partial charge in [-0.25, -0.2) is 13.8 Å². The van der Waals surface area contributed by atoms with E-state index in [-0.39, 0.29) is 5.56 Å². The van der Waals surface area contributed by atoms with E-state index < -0.39 is 6.43 Å². The maximum Gasteiger partial charge on any atom is 0.263 e. The summed E-state index contributed by atoms with van der Waals surface area (Å²) in [6, 6.07) is 6.32. The highest BCUT2D eigenvalue weighted by Crippen LogP contribution is 2.18. The van der Waals surface area contributed by atoms with Gasteiger partial charge in [0.25, 0.3) is 6.43 Å². The minimum atomic E-state index is -2.40. The fourth-order valence-corrected chi connectivity index (χ4v) is 1.50. The van der Waals surface area contributed by atoms with Gasteiger partial charge in [0.15, 0.2) is 0 Å². The summed E-state index contributed by atoms with van der Waals surface area (Å²) in [5, 5.41) is 3.17. The Hall–Kier alpha value is -1.75. The summed E-state index contributed by atoms with van der Waals surface area (Å²) in [4.78, 5) is 7.04. The molecule has 3 nitrogen and oxygen atoms in total. The summed E-state index contributed by atoms with van der Waals surface area (Å²) in [7, 11) is 0. The van der Waals surface area contributed by atoms with Gasteiger partial charge in [-0.3, -0.25) is 0 Å². The second-order valence-electron chi connectivity index (χ2n) is 3.68. The number of hydrogen-bond acceptors (Lipinski definition) is 2. The third kappa shape index (κ3) is 3.35. The highest BCUT2D eigenvalue weighted by molar-refractivity contribution is 5.23. The van der Waals surface area contributed by atoms with Crippen LogP contribution in [0.3, 0.4) is 0 Å². The quantitative estimate of drug-likeness (QED) is 0.839. The van der Waals surface area contributed by atoms with Crippen molar-refractivity contribution in [3.05, 3.63) is 53.6 Å². The lowest BCUT2D eigenvalue weighted by Crippen LogP contribution is -2.13. The van der Waals surface area contributed by atoms with Gasteiger partial charge >= 0.3 is 0 Å². The smallest absolute Gasteiger partial charge is 0.263 e. The minimum Gasteiger partial charge on any atom is -0.348 e. The molecule has 0 aliphatic carbocycles. The van der Waals surface area contributed by atoms with Crippen LogP contribution < -0.4 is 5.32 Å². The molecular weight excluding hydrogens is 224 g/mol. The van der Waals surface area contributed by atoms with Gasteiger partial charge < -0.3 is 10.3 Å². The van der Waals surface area contributed by atoms with Crippen molar-refractivity contribution in [2.75, 3.05) is 0 Å². The summed E-state index contributed by atoms with van der Waals surface area (Å²) >= 11 is 0. The number of benzene rings is 1. The number of rotatable bonds is 5. The maximum atomic E-state index is 12.3. The van der Waals surface area contributed by atoms with E-state index in [4.69, 9.17) is 0 Å². The highest BCUT2D eigenvalue weighted by Gasteiger charge is 2.05. The molecule has 0 amide bonds. The van der Waals surface area contributed by atoms with Crippen LogP contribution in [0.4, 0.5) is 8.78 Å². The molecule has 5 heteroatoms. The fourth-order valence-electron chi connectivity index (χ4n) is 1.50. The number of nitrogens with zero attached hydrogens (tertiary/aromatic N) is 1. The molecule has 0 aliphatic heterocycles. The molecule has 0 aliphatic rings. The van der Waals surface area contributed by atoms with Crippen LogP contribution in [0.15, 0.2) is 36.7 Å². The van der Waals surface area contributed by atoms with Crippen molar-refractivity contribution in [2.45, 2.75) is 19.5 Å². The van der Waals surface area contributed by atoms with E-state index in [1.54, 1.807) is 24.5 Å². The average Bonchev–Trinajstić information content (AvgIpc) is 2.83. The average molecular weight is 237 g/mol. The van der Waals surface area contributed by atoms with Crippen molar-refractivity contribution in [1.82, 2.24) is 15.3 Å². The highest BCUT2D eigenvalue weighted by atomic mass is 19.3. The van der Waals surface area contributed by atoms with E-state index in [9.17, 15) is 8.78 Å². The third-order valence-corrected chi connectivity index (χ3v) is 2.41. The monoisotopic (exact) mass is 237 g/mol. The van der Waals surface area contributed by atoms with Crippen LogP contribution in [0.5, 0.6) is 0 Å². The van der Waals surface area contributed by atoms with E-state index in [0.29, 0.717) is 13.1 Å². The number of imidazole rings is 1. The molecule has 0 saturated carbocycles. The summed E-state index contributed by atoms with van der Waals surface area (Å²) in [5.74, 6) is 0.856. The van der Waals surface area contributed by atoms with Gasteiger partial charge in [0, 0.05) is 24.5 Å². The van der Waals surface area contributed by atoms with Gasteiger partial charge in [-0.2, -0.15) is 0 Å². The number of halogens is 2. The lowest BCUT2D eigenvalue weighted by Gasteiger charge is -2.04. The predicted octanol–water partition coefficient (Wildman–Crippen LogP) is 2.64. The molecule has 0 saturated heterocycles. The van der Waals surface area contributed by atoms with Crippen LogP contribution in [-0.4, -0.2) is 9.97 Å². The molecular formula is C12H13F2N3. The second kappa shape index (κ2) is 5.54. The van der Waals surface area contributed by atoms with Gasteiger partial charge in [-0.05, 0) is 5.56 Å². The van der Waals surface area contributed by atoms with Crippen LogP contribution in [-0.2, 0) is 13.1 Å². The Bertz CT molecular complexity index is 437. The molecule has 2 N–H and O–H groups in total. The molecule has 0 unspecified atom stereocenters. The van der Waals surface area contributed by atoms with Crippen molar-refractivity contribution < 1.29 is 8.78 Å². The molecule has 1 aromatic heterocycles. The van der Waals surface area contributed by atoms with E-state index in [1.165, 1.54) is 12.1 Å². The molecule has 90 valence electrons. The fraction of sp³-hybridized carbons (Fsp3) is 0.250. The van der Waals surface area contributed by atoms with E-state index >= 15 is 0 Å². The zero-order valence-electron chi connectivity index (χ0n) is 9.16. The lowest BCUT2D eigenvalue weighted by atomic mass is 10.1. The number of hydrogen-bond donors (Lipinski definition) is 2. The summed E-state index contributed by atoms with van der Waals surface area (Å²) < 4.78 is 24.6. The van der Waals surface area contributed by atoms with Gasteiger partial charge in [-0.15, -0.1) is 0 Å². The Morgan fingerprint density at radius 3 is 2.53 bits per heavy atom. The van der Waals surface area contributed by atoms with Crippen molar-refractivity contribution in [3.63, 3.8) is 0 Å². The Balaban J connectivity index is 1.83. The number of aromatic nitrogens is 2. The molecule has 0 atom stereocenters. The van der Waals surface area contributed by atoms with Crippen LogP contribution >= 0.6 is 0 Å². The Morgan fingerprint density at radius 1 is 1.18 bits per heavy atom. The Kier molecular flexibility index (Phi) is 3.82. The Morgan fingerprint density at radius 2 is 1.94 bits per heavy atom. The second-order valence-corrected chi connectivity index (χ2v) is 3.68. The van der Waals surface area contributed by atoms with E-state index in [2.05, 4.69) is 15.3 Å². The van der Waals surface area contributed by atoms with Gasteiger partial charge in [-0.1, -0.05) is 24.3 Å². The first-order valence-corrected chi connectivity index (χ1v) is 5.31. The largest absolute Gasteiger partial charge is 0.348 e. The zero-order chi connectivity index (χ0) is 12.1. The predicted molar refractivity (Wildman–Crippen MR) is 60.5 cm³/mol. The van der Waals surface area contributed by atoms with Crippen LogP contribution in [0, 0.1) is 0 Å². The topological polar surface area (TPSA) is 40.7 Å². The molecule has 1 aromatic carbocycles. The molecule has 0 radical (unpaired) electrons. The normalized spacial score (nSPS) is 11.0. The molecule has 0 bridgehead atoms. The van der Waals surface area contributed by atoms with E-state index in [0.717, 1.165) is 11.4 Å². The first-order valence-electron chi connectivity index (χ1n) is 5.31. The molecule has 1 heterocycles. The minimum absolute atomic E-state index is 0.0554. The van der Waals surface area contributed by atoms with Crippen molar-refractivity contribution in [3.8, 4) is 0 Å².